The summed E-state index contributed by atoms with van der Waals surface area (Å²) in [5.41, 5.74) is 2.61. The third kappa shape index (κ3) is 4.07. The van der Waals surface area contributed by atoms with Gasteiger partial charge in [-0.05, 0) is 46.2 Å². The molecule has 21 heavy (non-hydrogen) atoms. The molecule has 0 unspecified atom stereocenters. The van der Waals surface area contributed by atoms with Crippen molar-refractivity contribution in [3.63, 3.8) is 0 Å². The van der Waals surface area contributed by atoms with Crippen LogP contribution in [0.25, 0.3) is 0 Å². The highest BCUT2D eigenvalue weighted by Crippen LogP contribution is 2.17. The molecule has 0 radical (unpaired) electrons. The van der Waals surface area contributed by atoms with Crippen LogP contribution in [0.2, 0.25) is 0 Å². The molecule has 116 valence electrons. The Hall–Kier alpha value is -1.35. The largest absolute Gasteiger partial charge is 0.337 e. The van der Waals surface area contributed by atoms with E-state index in [4.69, 9.17) is 0 Å². The molecule has 1 aliphatic rings. The first kappa shape index (κ1) is 16.0. The van der Waals surface area contributed by atoms with Crippen molar-refractivity contribution in [2.24, 2.45) is 0 Å². The first-order valence-electron chi connectivity index (χ1n) is 8.04. The van der Waals surface area contributed by atoms with Gasteiger partial charge in [-0.1, -0.05) is 29.8 Å². The number of hydrogen-bond acceptors (Lipinski definition) is 2. The summed E-state index contributed by atoms with van der Waals surface area (Å²) in [7, 11) is 2.14. The quantitative estimate of drug-likeness (QED) is 0.850. The van der Waals surface area contributed by atoms with Crippen LogP contribution in [0, 0.1) is 6.92 Å². The van der Waals surface area contributed by atoms with Gasteiger partial charge in [-0.25, -0.2) is 0 Å². The Morgan fingerprint density at radius 1 is 1.14 bits per heavy atom. The van der Waals surface area contributed by atoms with Gasteiger partial charge in [-0.2, -0.15) is 0 Å². The number of aryl methyl sites for hydroxylation is 2. The van der Waals surface area contributed by atoms with Crippen molar-refractivity contribution in [1.82, 2.24) is 9.80 Å². The number of nitrogens with zero attached hydrogens (tertiary/aromatic N) is 2. The van der Waals surface area contributed by atoms with Gasteiger partial charge in [0.05, 0.1) is 0 Å². The maximum atomic E-state index is 12.4. The van der Waals surface area contributed by atoms with Crippen LogP contribution in [0.3, 0.4) is 0 Å². The standard InChI is InChI=1S/C18H28N2O/c1-14-8-10-17(11-9-14)6-5-7-18(21)20-13-12-19(4)15(2)16(20)3/h8-11,15-16H,5-7,12-13H2,1-4H3/t15-,16-/m1/s1. The molecule has 1 aliphatic heterocycles. The molecule has 1 amide bonds. The molecule has 0 saturated carbocycles. The van der Waals surface area contributed by atoms with E-state index in [0.717, 1.165) is 25.9 Å². The zero-order valence-corrected chi connectivity index (χ0v) is 13.8. The summed E-state index contributed by atoms with van der Waals surface area (Å²) in [5.74, 6) is 0.314. The minimum absolute atomic E-state index is 0.314. The minimum atomic E-state index is 0.314. The van der Waals surface area contributed by atoms with Crippen molar-refractivity contribution in [1.29, 1.82) is 0 Å². The van der Waals surface area contributed by atoms with Crippen molar-refractivity contribution in [3.8, 4) is 0 Å². The van der Waals surface area contributed by atoms with Crippen molar-refractivity contribution < 1.29 is 4.79 Å². The van der Waals surface area contributed by atoms with Gasteiger partial charge in [0.25, 0.3) is 0 Å². The van der Waals surface area contributed by atoms with Gasteiger partial charge in [0.15, 0.2) is 0 Å². The fraction of sp³-hybridized carbons (Fsp3) is 0.611. The fourth-order valence-electron chi connectivity index (χ4n) is 3.00. The second-order valence-electron chi connectivity index (χ2n) is 6.39. The number of piperazine rings is 1. The lowest BCUT2D eigenvalue weighted by molar-refractivity contribution is -0.137. The molecule has 1 saturated heterocycles. The average Bonchev–Trinajstić information content (AvgIpc) is 2.47. The molecule has 1 heterocycles. The predicted octanol–water partition coefficient (Wildman–Crippen LogP) is 2.87. The first-order chi connectivity index (χ1) is 9.99. The molecular weight excluding hydrogens is 260 g/mol. The fourth-order valence-corrected chi connectivity index (χ4v) is 3.00. The van der Waals surface area contributed by atoms with Crippen LogP contribution in [-0.2, 0) is 11.2 Å². The number of rotatable bonds is 4. The van der Waals surface area contributed by atoms with E-state index < -0.39 is 0 Å². The first-order valence-corrected chi connectivity index (χ1v) is 8.04. The number of benzene rings is 1. The molecule has 2 rings (SSSR count). The molecule has 0 N–H and O–H groups in total. The van der Waals surface area contributed by atoms with Gasteiger partial charge in [-0.15, -0.1) is 0 Å². The van der Waals surface area contributed by atoms with E-state index in [0.29, 0.717) is 24.4 Å². The van der Waals surface area contributed by atoms with E-state index in [9.17, 15) is 4.79 Å². The summed E-state index contributed by atoms with van der Waals surface area (Å²) in [6.45, 7) is 8.32. The number of likely N-dealkylation sites (N-methyl/N-ethyl adjacent to an activating group) is 1. The highest BCUT2D eigenvalue weighted by molar-refractivity contribution is 5.76. The van der Waals surface area contributed by atoms with Gasteiger partial charge in [0, 0.05) is 31.6 Å². The molecule has 0 aliphatic carbocycles. The molecule has 1 aromatic carbocycles. The van der Waals surface area contributed by atoms with E-state index in [1.165, 1.54) is 11.1 Å². The van der Waals surface area contributed by atoms with Crippen molar-refractivity contribution in [2.45, 2.75) is 52.1 Å². The lowest BCUT2D eigenvalue weighted by atomic mass is 10.0. The van der Waals surface area contributed by atoms with Crippen molar-refractivity contribution >= 4 is 5.91 Å². The SMILES string of the molecule is Cc1ccc(CCCC(=O)N2CCN(C)[C@H](C)[C@H]2C)cc1. The Bertz CT molecular complexity index is 469. The van der Waals surface area contributed by atoms with Crippen LogP contribution in [0.1, 0.15) is 37.8 Å². The summed E-state index contributed by atoms with van der Waals surface area (Å²) in [5, 5.41) is 0. The molecule has 1 aromatic rings. The molecule has 0 spiro atoms. The second kappa shape index (κ2) is 7.08. The smallest absolute Gasteiger partial charge is 0.222 e. The number of amides is 1. The third-order valence-electron chi connectivity index (χ3n) is 4.88. The van der Waals surface area contributed by atoms with E-state index in [1.54, 1.807) is 0 Å². The van der Waals surface area contributed by atoms with Gasteiger partial charge in [-0.3, -0.25) is 9.69 Å². The normalized spacial score (nSPS) is 23.3. The maximum Gasteiger partial charge on any atom is 0.222 e. The number of carbonyl (C=O) groups is 1. The highest BCUT2D eigenvalue weighted by Gasteiger charge is 2.30. The lowest BCUT2D eigenvalue weighted by Gasteiger charge is -2.43. The second-order valence-corrected chi connectivity index (χ2v) is 6.39. The van der Waals surface area contributed by atoms with Crippen LogP contribution >= 0.6 is 0 Å². The number of hydrogen-bond donors (Lipinski definition) is 0. The van der Waals surface area contributed by atoms with Crippen molar-refractivity contribution in [3.05, 3.63) is 35.4 Å². The van der Waals surface area contributed by atoms with Crippen LogP contribution < -0.4 is 0 Å². The number of carbonyl (C=O) groups excluding carboxylic acids is 1. The molecule has 1 fully saturated rings. The summed E-state index contributed by atoms with van der Waals surface area (Å²) in [6.07, 6.45) is 2.59. The van der Waals surface area contributed by atoms with E-state index >= 15 is 0 Å². The molecule has 0 aromatic heterocycles. The van der Waals surface area contributed by atoms with Crippen LogP contribution in [0.4, 0.5) is 0 Å². The van der Waals surface area contributed by atoms with Crippen LogP contribution in [-0.4, -0.2) is 47.9 Å². The highest BCUT2D eigenvalue weighted by atomic mass is 16.2. The summed E-state index contributed by atoms with van der Waals surface area (Å²) >= 11 is 0. The Kier molecular flexibility index (Phi) is 5.40. The predicted molar refractivity (Wildman–Crippen MR) is 87.4 cm³/mol. The Labute approximate surface area is 128 Å². The topological polar surface area (TPSA) is 23.6 Å². The summed E-state index contributed by atoms with van der Waals surface area (Å²) in [6, 6.07) is 9.37. The zero-order valence-electron chi connectivity index (χ0n) is 13.8. The molecule has 3 nitrogen and oxygen atoms in total. The Morgan fingerprint density at radius 2 is 1.81 bits per heavy atom. The Morgan fingerprint density at radius 3 is 2.48 bits per heavy atom. The van der Waals surface area contributed by atoms with Crippen LogP contribution in [0.5, 0.6) is 0 Å². The van der Waals surface area contributed by atoms with E-state index in [-0.39, 0.29) is 0 Å². The van der Waals surface area contributed by atoms with E-state index in [1.807, 2.05) is 0 Å². The van der Waals surface area contributed by atoms with Gasteiger partial charge in [0.2, 0.25) is 5.91 Å². The zero-order chi connectivity index (χ0) is 15.4. The van der Waals surface area contributed by atoms with Crippen molar-refractivity contribution in [2.75, 3.05) is 20.1 Å². The van der Waals surface area contributed by atoms with Gasteiger partial charge in [0.1, 0.15) is 0 Å². The monoisotopic (exact) mass is 288 g/mol. The summed E-state index contributed by atoms with van der Waals surface area (Å²) in [4.78, 5) is 16.8. The Balaban J connectivity index is 1.80. The third-order valence-corrected chi connectivity index (χ3v) is 4.88. The molecule has 3 heteroatoms. The molecular formula is C18H28N2O. The van der Waals surface area contributed by atoms with Gasteiger partial charge >= 0.3 is 0 Å². The van der Waals surface area contributed by atoms with Crippen LogP contribution in [0.15, 0.2) is 24.3 Å². The lowest BCUT2D eigenvalue weighted by Crippen LogP contribution is -2.57. The average molecular weight is 288 g/mol. The molecule has 2 atom stereocenters. The van der Waals surface area contributed by atoms with E-state index in [2.05, 4.69) is 61.9 Å². The molecule has 0 bridgehead atoms. The summed E-state index contributed by atoms with van der Waals surface area (Å²) < 4.78 is 0. The minimum Gasteiger partial charge on any atom is -0.337 e. The van der Waals surface area contributed by atoms with Gasteiger partial charge < -0.3 is 4.90 Å². The maximum absolute atomic E-state index is 12.4.